The van der Waals surface area contributed by atoms with E-state index in [1.807, 2.05) is 48.7 Å². The number of fused-ring (bicyclic) bond motifs is 1. The van der Waals surface area contributed by atoms with Crippen LogP contribution in [0.15, 0.2) is 59.7 Å². The lowest BCUT2D eigenvalue weighted by atomic mass is 10.0. The molecule has 0 N–H and O–H groups in total. The van der Waals surface area contributed by atoms with Gasteiger partial charge in [0.25, 0.3) is 0 Å². The van der Waals surface area contributed by atoms with Gasteiger partial charge in [0.2, 0.25) is 5.78 Å². The molecule has 1 aromatic heterocycles. The molecule has 0 aliphatic carbocycles. The van der Waals surface area contributed by atoms with Crippen molar-refractivity contribution in [2.75, 3.05) is 0 Å². The molecule has 0 fully saturated rings. The third-order valence-electron chi connectivity index (χ3n) is 4.76. The average molecular weight is 404 g/mol. The second-order valence-corrected chi connectivity index (χ2v) is 7.91. The molecule has 4 rings (SSSR count). The summed E-state index contributed by atoms with van der Waals surface area (Å²) in [5.74, 6) is 0.570. The molecule has 3 aromatic rings. The molecule has 0 saturated heterocycles. The second kappa shape index (κ2) is 8.05. The standard InChI is InChI=1S/C24H20O4S/c1-3-16-6-8-17(9-7-16)12-21-24(26)23-15(2)11-18(13-20(23)28-21)27-22(25)14-19-5-4-10-29-19/h4-13H,3,14H2,1-2H3/b21-12-. The Bertz CT molecular complexity index is 1090. The highest BCUT2D eigenvalue weighted by Gasteiger charge is 2.30. The number of carbonyl (C=O) groups is 2. The smallest absolute Gasteiger partial charge is 0.316 e. The van der Waals surface area contributed by atoms with E-state index in [-0.39, 0.29) is 23.9 Å². The van der Waals surface area contributed by atoms with E-state index in [1.54, 1.807) is 18.2 Å². The van der Waals surface area contributed by atoms with Crippen molar-refractivity contribution >= 4 is 29.2 Å². The fraction of sp³-hybridized carbons (Fsp3) is 0.167. The molecule has 0 unspecified atom stereocenters. The van der Waals surface area contributed by atoms with Crippen LogP contribution in [0.25, 0.3) is 6.08 Å². The molecule has 0 radical (unpaired) electrons. The molecular weight excluding hydrogens is 384 g/mol. The van der Waals surface area contributed by atoms with Gasteiger partial charge in [-0.25, -0.2) is 0 Å². The molecule has 5 heteroatoms. The summed E-state index contributed by atoms with van der Waals surface area (Å²) < 4.78 is 11.3. The number of ether oxygens (including phenoxy) is 2. The summed E-state index contributed by atoms with van der Waals surface area (Å²) in [4.78, 5) is 25.9. The van der Waals surface area contributed by atoms with E-state index in [1.165, 1.54) is 16.9 Å². The maximum absolute atomic E-state index is 12.8. The molecule has 4 nitrogen and oxygen atoms in total. The van der Waals surface area contributed by atoms with E-state index in [0.717, 1.165) is 22.4 Å². The number of esters is 1. The number of aryl methyl sites for hydroxylation is 2. The number of hydrogen-bond donors (Lipinski definition) is 0. The van der Waals surface area contributed by atoms with Gasteiger partial charge in [-0.15, -0.1) is 11.3 Å². The lowest BCUT2D eigenvalue weighted by molar-refractivity contribution is -0.133. The van der Waals surface area contributed by atoms with Crippen molar-refractivity contribution in [2.24, 2.45) is 0 Å². The topological polar surface area (TPSA) is 52.6 Å². The maximum Gasteiger partial charge on any atom is 0.316 e. The Kier molecular flexibility index (Phi) is 5.32. The Morgan fingerprint density at radius 2 is 1.97 bits per heavy atom. The summed E-state index contributed by atoms with van der Waals surface area (Å²) in [6.07, 6.45) is 2.92. The van der Waals surface area contributed by atoms with Gasteiger partial charge < -0.3 is 9.47 Å². The molecular formula is C24H20O4S. The average Bonchev–Trinajstić information content (AvgIpc) is 3.30. The molecule has 0 spiro atoms. The van der Waals surface area contributed by atoms with E-state index in [4.69, 9.17) is 9.47 Å². The maximum atomic E-state index is 12.8. The normalized spacial score (nSPS) is 14.0. The van der Waals surface area contributed by atoms with Crippen LogP contribution < -0.4 is 9.47 Å². The van der Waals surface area contributed by atoms with Crippen molar-refractivity contribution < 1.29 is 19.1 Å². The Morgan fingerprint density at radius 3 is 2.66 bits per heavy atom. The van der Waals surface area contributed by atoms with Gasteiger partial charge in [-0.05, 0) is 53.6 Å². The van der Waals surface area contributed by atoms with Crippen LogP contribution >= 0.6 is 11.3 Å². The highest BCUT2D eigenvalue weighted by Crippen LogP contribution is 2.37. The number of allylic oxidation sites excluding steroid dienone is 1. The van der Waals surface area contributed by atoms with Gasteiger partial charge in [-0.2, -0.15) is 0 Å². The van der Waals surface area contributed by atoms with E-state index in [0.29, 0.717) is 17.1 Å². The third kappa shape index (κ3) is 4.15. The van der Waals surface area contributed by atoms with Crippen LogP contribution in [-0.4, -0.2) is 11.8 Å². The predicted octanol–water partition coefficient (Wildman–Crippen LogP) is 5.38. The van der Waals surface area contributed by atoms with Gasteiger partial charge in [0.1, 0.15) is 11.5 Å². The Labute approximate surface area is 173 Å². The molecule has 0 atom stereocenters. The lowest BCUT2D eigenvalue weighted by Gasteiger charge is -2.07. The van der Waals surface area contributed by atoms with Crippen molar-refractivity contribution in [3.63, 3.8) is 0 Å². The number of benzene rings is 2. The Hall–Kier alpha value is -3.18. The molecule has 0 saturated carbocycles. The van der Waals surface area contributed by atoms with Crippen LogP contribution in [0.2, 0.25) is 0 Å². The number of thiophene rings is 1. The van der Waals surface area contributed by atoms with Gasteiger partial charge in [0.05, 0.1) is 12.0 Å². The number of Topliss-reactive ketones (excluding diaryl/α,β-unsaturated/α-hetero) is 1. The molecule has 2 heterocycles. The summed E-state index contributed by atoms with van der Waals surface area (Å²) in [5.41, 5.74) is 3.37. The molecule has 29 heavy (non-hydrogen) atoms. The molecule has 2 aromatic carbocycles. The van der Waals surface area contributed by atoms with Gasteiger partial charge in [0.15, 0.2) is 5.76 Å². The van der Waals surface area contributed by atoms with Crippen molar-refractivity contribution in [3.8, 4) is 11.5 Å². The van der Waals surface area contributed by atoms with Crippen LogP contribution in [0, 0.1) is 6.92 Å². The summed E-state index contributed by atoms with van der Waals surface area (Å²) in [6, 6.07) is 15.1. The highest BCUT2D eigenvalue weighted by atomic mass is 32.1. The summed E-state index contributed by atoms with van der Waals surface area (Å²) in [6.45, 7) is 3.91. The highest BCUT2D eigenvalue weighted by molar-refractivity contribution is 7.10. The van der Waals surface area contributed by atoms with Gasteiger partial charge in [0, 0.05) is 10.9 Å². The van der Waals surface area contributed by atoms with Crippen LogP contribution in [0.1, 0.15) is 38.8 Å². The first-order chi connectivity index (χ1) is 14.0. The molecule has 0 amide bonds. The summed E-state index contributed by atoms with van der Waals surface area (Å²) in [7, 11) is 0. The lowest BCUT2D eigenvalue weighted by Crippen LogP contribution is -2.10. The zero-order valence-electron chi connectivity index (χ0n) is 16.2. The van der Waals surface area contributed by atoms with E-state index < -0.39 is 0 Å². The fourth-order valence-corrected chi connectivity index (χ4v) is 3.95. The number of rotatable bonds is 5. The van der Waals surface area contributed by atoms with Gasteiger partial charge >= 0.3 is 5.97 Å². The van der Waals surface area contributed by atoms with Crippen molar-refractivity contribution in [1.82, 2.24) is 0 Å². The minimum atomic E-state index is -0.345. The van der Waals surface area contributed by atoms with Crippen molar-refractivity contribution in [2.45, 2.75) is 26.7 Å². The minimum Gasteiger partial charge on any atom is -0.452 e. The largest absolute Gasteiger partial charge is 0.452 e. The van der Waals surface area contributed by atoms with Gasteiger partial charge in [-0.1, -0.05) is 37.3 Å². The first-order valence-corrected chi connectivity index (χ1v) is 10.3. The first-order valence-electron chi connectivity index (χ1n) is 9.44. The minimum absolute atomic E-state index is 0.159. The van der Waals surface area contributed by atoms with Crippen LogP contribution in [0.3, 0.4) is 0 Å². The van der Waals surface area contributed by atoms with Crippen LogP contribution in [-0.2, 0) is 17.6 Å². The molecule has 1 aliphatic rings. The second-order valence-electron chi connectivity index (χ2n) is 6.88. The SMILES string of the molecule is CCc1ccc(/C=C2\Oc3cc(OC(=O)Cc4cccs4)cc(C)c3C2=O)cc1. The summed E-state index contributed by atoms with van der Waals surface area (Å²) >= 11 is 1.51. The first kappa shape index (κ1) is 19.2. The van der Waals surface area contributed by atoms with Crippen LogP contribution in [0.4, 0.5) is 0 Å². The zero-order chi connectivity index (χ0) is 20.4. The molecule has 1 aliphatic heterocycles. The van der Waals surface area contributed by atoms with Gasteiger partial charge in [-0.3, -0.25) is 9.59 Å². The van der Waals surface area contributed by atoms with E-state index in [9.17, 15) is 9.59 Å². The Morgan fingerprint density at radius 1 is 1.17 bits per heavy atom. The third-order valence-corrected chi connectivity index (χ3v) is 5.64. The van der Waals surface area contributed by atoms with Crippen molar-refractivity contribution in [1.29, 1.82) is 0 Å². The van der Waals surface area contributed by atoms with E-state index >= 15 is 0 Å². The fourth-order valence-electron chi connectivity index (χ4n) is 3.26. The predicted molar refractivity (Wildman–Crippen MR) is 114 cm³/mol. The Balaban J connectivity index is 1.54. The number of ketones is 1. The quantitative estimate of drug-likeness (QED) is 0.325. The molecule has 0 bridgehead atoms. The van der Waals surface area contributed by atoms with Crippen LogP contribution in [0.5, 0.6) is 11.5 Å². The number of hydrogen-bond acceptors (Lipinski definition) is 5. The number of carbonyl (C=O) groups excluding carboxylic acids is 2. The molecule has 146 valence electrons. The zero-order valence-corrected chi connectivity index (χ0v) is 17.0. The van der Waals surface area contributed by atoms with E-state index in [2.05, 4.69) is 6.92 Å². The van der Waals surface area contributed by atoms with Crippen molar-refractivity contribution in [3.05, 3.63) is 86.8 Å². The monoisotopic (exact) mass is 404 g/mol. The summed E-state index contributed by atoms with van der Waals surface area (Å²) in [5, 5.41) is 1.92.